The number of carbonyl (C=O) groups is 2. The van der Waals surface area contributed by atoms with Gasteiger partial charge in [-0.2, -0.15) is 0 Å². The maximum Gasteiger partial charge on any atom is 0.306 e. The fraction of sp³-hybridized carbons (Fsp3) is 0.467. The Bertz CT molecular complexity index is 447. The molecule has 1 fully saturated rings. The number of ketones is 1. The second-order valence-electron chi connectivity index (χ2n) is 4.63. The third kappa shape index (κ3) is 3.42. The first-order chi connectivity index (χ1) is 8.70. The second-order valence-corrected chi connectivity index (χ2v) is 4.63. The Hall–Kier alpha value is -1.64. The highest BCUT2D eigenvalue weighted by molar-refractivity contribution is 5.97. The molecule has 18 heavy (non-hydrogen) atoms. The van der Waals surface area contributed by atoms with E-state index < -0.39 is 0 Å². The van der Waals surface area contributed by atoms with Gasteiger partial charge in [0.25, 0.3) is 0 Å². The largest absolute Gasteiger partial charge is 0.466 e. The van der Waals surface area contributed by atoms with Crippen LogP contribution in [0.3, 0.4) is 0 Å². The zero-order chi connectivity index (χ0) is 13.0. The van der Waals surface area contributed by atoms with Crippen LogP contribution in [0.4, 0.5) is 0 Å². The molecule has 0 aromatic heterocycles. The van der Waals surface area contributed by atoms with Crippen molar-refractivity contribution in [2.24, 2.45) is 0 Å². The molecule has 0 saturated heterocycles. The molecular weight excluding hydrogens is 228 g/mol. The lowest BCUT2D eigenvalue weighted by atomic mass is 10.0. The second kappa shape index (κ2) is 5.80. The minimum atomic E-state index is -0.302. The minimum absolute atomic E-state index is 0.0190. The van der Waals surface area contributed by atoms with Gasteiger partial charge in [-0.05, 0) is 37.3 Å². The Morgan fingerprint density at radius 3 is 2.72 bits per heavy atom. The molecule has 0 heterocycles. The molecule has 1 aliphatic carbocycles. The lowest BCUT2D eigenvalue weighted by Crippen LogP contribution is -2.08. The van der Waals surface area contributed by atoms with Crippen molar-refractivity contribution in [1.82, 2.24) is 0 Å². The van der Waals surface area contributed by atoms with E-state index in [1.165, 1.54) is 18.4 Å². The van der Waals surface area contributed by atoms with Crippen LogP contribution in [0.1, 0.15) is 54.4 Å². The van der Waals surface area contributed by atoms with Gasteiger partial charge < -0.3 is 4.74 Å². The molecule has 3 nitrogen and oxygen atoms in total. The zero-order valence-corrected chi connectivity index (χ0v) is 10.6. The van der Waals surface area contributed by atoms with Gasteiger partial charge in [-0.25, -0.2) is 0 Å². The molecule has 0 atom stereocenters. The topological polar surface area (TPSA) is 43.4 Å². The van der Waals surface area contributed by atoms with Crippen LogP contribution in [0.2, 0.25) is 0 Å². The quantitative estimate of drug-likeness (QED) is 0.572. The van der Waals surface area contributed by atoms with E-state index in [1.54, 1.807) is 6.92 Å². The summed E-state index contributed by atoms with van der Waals surface area (Å²) in [6, 6.07) is 7.77. The van der Waals surface area contributed by atoms with E-state index in [1.807, 2.05) is 18.2 Å². The molecular formula is C15H18O3. The number of ether oxygens (including phenoxy) is 1. The summed E-state index contributed by atoms with van der Waals surface area (Å²) in [5.41, 5.74) is 1.96. The molecule has 1 aliphatic rings. The first-order valence-electron chi connectivity index (χ1n) is 6.49. The highest BCUT2D eigenvalue weighted by Gasteiger charge is 2.24. The number of hydrogen-bond donors (Lipinski definition) is 0. The van der Waals surface area contributed by atoms with Crippen LogP contribution in [0.25, 0.3) is 0 Å². The van der Waals surface area contributed by atoms with Gasteiger partial charge in [0.2, 0.25) is 0 Å². The molecule has 1 aromatic carbocycles. The highest BCUT2D eigenvalue weighted by atomic mass is 16.5. The molecule has 0 N–H and O–H groups in total. The molecule has 3 heteroatoms. The van der Waals surface area contributed by atoms with E-state index in [0.29, 0.717) is 18.1 Å². The molecule has 0 amide bonds. The first-order valence-corrected chi connectivity index (χ1v) is 6.49. The molecule has 1 saturated carbocycles. The zero-order valence-electron chi connectivity index (χ0n) is 10.6. The fourth-order valence-electron chi connectivity index (χ4n) is 1.98. The standard InChI is InChI=1S/C15H18O3/c1-2-18-15(17)9-8-14(16)13-5-3-4-12(10-13)11-6-7-11/h3-5,10-11H,2,6-9H2,1H3. The summed E-state index contributed by atoms with van der Waals surface area (Å²) in [6.45, 7) is 2.13. The van der Waals surface area contributed by atoms with E-state index in [0.717, 1.165) is 0 Å². The van der Waals surface area contributed by atoms with Crippen molar-refractivity contribution in [3.8, 4) is 0 Å². The van der Waals surface area contributed by atoms with Crippen LogP contribution in [0, 0.1) is 0 Å². The summed E-state index contributed by atoms with van der Waals surface area (Å²) >= 11 is 0. The SMILES string of the molecule is CCOC(=O)CCC(=O)c1cccc(C2CC2)c1. The number of Topliss-reactive ketones (excluding diaryl/α,β-unsaturated/α-hetero) is 1. The molecule has 0 aliphatic heterocycles. The lowest BCUT2D eigenvalue weighted by Gasteiger charge is -2.04. The van der Waals surface area contributed by atoms with Gasteiger partial charge >= 0.3 is 5.97 Å². The molecule has 1 aromatic rings. The molecule has 0 bridgehead atoms. The molecule has 0 spiro atoms. The average Bonchev–Trinajstić information content (AvgIpc) is 3.21. The summed E-state index contributed by atoms with van der Waals surface area (Å²) in [4.78, 5) is 23.1. The smallest absolute Gasteiger partial charge is 0.306 e. The molecule has 96 valence electrons. The molecule has 0 radical (unpaired) electrons. The van der Waals surface area contributed by atoms with Crippen LogP contribution in [-0.2, 0) is 9.53 Å². The first kappa shape index (κ1) is 12.8. The van der Waals surface area contributed by atoms with Gasteiger partial charge in [0.15, 0.2) is 5.78 Å². The predicted octanol–water partition coefficient (Wildman–Crippen LogP) is 3.09. The van der Waals surface area contributed by atoms with Crippen molar-refractivity contribution in [1.29, 1.82) is 0 Å². The maximum atomic E-state index is 11.9. The van der Waals surface area contributed by atoms with Gasteiger partial charge in [0, 0.05) is 12.0 Å². The van der Waals surface area contributed by atoms with Crippen molar-refractivity contribution < 1.29 is 14.3 Å². The maximum absolute atomic E-state index is 11.9. The summed E-state index contributed by atoms with van der Waals surface area (Å²) in [5.74, 6) is 0.359. The Kier molecular flexibility index (Phi) is 4.13. The van der Waals surface area contributed by atoms with Crippen molar-refractivity contribution >= 4 is 11.8 Å². The Labute approximate surface area is 107 Å². The van der Waals surface area contributed by atoms with E-state index in [4.69, 9.17) is 4.74 Å². The van der Waals surface area contributed by atoms with Gasteiger partial charge in [-0.15, -0.1) is 0 Å². The third-order valence-corrected chi connectivity index (χ3v) is 3.12. The molecule has 0 unspecified atom stereocenters. The van der Waals surface area contributed by atoms with Gasteiger partial charge in [0.05, 0.1) is 13.0 Å². The van der Waals surface area contributed by atoms with Crippen LogP contribution in [-0.4, -0.2) is 18.4 Å². The van der Waals surface area contributed by atoms with E-state index in [-0.39, 0.29) is 24.6 Å². The predicted molar refractivity (Wildman–Crippen MR) is 68.6 cm³/mol. The van der Waals surface area contributed by atoms with Gasteiger partial charge in [0.1, 0.15) is 0 Å². The van der Waals surface area contributed by atoms with E-state index in [2.05, 4.69) is 6.07 Å². The van der Waals surface area contributed by atoms with E-state index in [9.17, 15) is 9.59 Å². The summed E-state index contributed by atoms with van der Waals surface area (Å²) in [5, 5.41) is 0. The summed E-state index contributed by atoms with van der Waals surface area (Å²) in [6.07, 6.45) is 2.84. The lowest BCUT2D eigenvalue weighted by molar-refractivity contribution is -0.143. The van der Waals surface area contributed by atoms with Crippen molar-refractivity contribution in [3.05, 3.63) is 35.4 Å². The Morgan fingerprint density at radius 2 is 2.06 bits per heavy atom. The number of hydrogen-bond acceptors (Lipinski definition) is 3. The van der Waals surface area contributed by atoms with Crippen LogP contribution in [0.5, 0.6) is 0 Å². The monoisotopic (exact) mass is 246 g/mol. The number of rotatable bonds is 6. The highest BCUT2D eigenvalue weighted by Crippen LogP contribution is 2.40. The van der Waals surface area contributed by atoms with E-state index >= 15 is 0 Å². The van der Waals surface area contributed by atoms with Crippen LogP contribution < -0.4 is 0 Å². The van der Waals surface area contributed by atoms with Crippen LogP contribution >= 0.6 is 0 Å². The van der Waals surface area contributed by atoms with Gasteiger partial charge in [-0.1, -0.05) is 18.2 Å². The summed E-state index contributed by atoms with van der Waals surface area (Å²) < 4.78 is 4.81. The number of carbonyl (C=O) groups excluding carboxylic acids is 2. The average molecular weight is 246 g/mol. The van der Waals surface area contributed by atoms with Crippen molar-refractivity contribution in [2.75, 3.05) is 6.61 Å². The van der Waals surface area contributed by atoms with Gasteiger partial charge in [-0.3, -0.25) is 9.59 Å². The minimum Gasteiger partial charge on any atom is -0.466 e. The number of benzene rings is 1. The van der Waals surface area contributed by atoms with Crippen molar-refractivity contribution in [2.45, 2.75) is 38.5 Å². The van der Waals surface area contributed by atoms with Crippen molar-refractivity contribution in [3.63, 3.8) is 0 Å². The fourth-order valence-corrected chi connectivity index (χ4v) is 1.98. The Morgan fingerprint density at radius 1 is 1.28 bits per heavy atom. The Balaban J connectivity index is 1.91. The normalized spacial score (nSPS) is 14.3. The van der Waals surface area contributed by atoms with Crippen LogP contribution in [0.15, 0.2) is 24.3 Å². The number of esters is 1. The third-order valence-electron chi connectivity index (χ3n) is 3.12. The molecule has 2 rings (SSSR count). The summed E-state index contributed by atoms with van der Waals surface area (Å²) in [7, 11) is 0.